The summed E-state index contributed by atoms with van der Waals surface area (Å²) in [6.45, 7) is 2.25. The highest BCUT2D eigenvalue weighted by atomic mass is 16.5. The van der Waals surface area contributed by atoms with E-state index in [4.69, 9.17) is 4.74 Å². The van der Waals surface area contributed by atoms with Gasteiger partial charge in [-0.3, -0.25) is 9.59 Å². The molecule has 8 heteroatoms. The first kappa shape index (κ1) is 15.9. The average Bonchev–Trinajstić information content (AvgIpc) is 2.55. The first-order valence-corrected chi connectivity index (χ1v) is 6.90. The monoisotopic (exact) mass is 306 g/mol. The van der Waals surface area contributed by atoms with E-state index in [0.717, 1.165) is 0 Å². The Morgan fingerprint density at radius 2 is 1.82 bits per heavy atom. The second kappa shape index (κ2) is 6.50. The summed E-state index contributed by atoms with van der Waals surface area (Å²) < 4.78 is 4.84. The number of piperidine rings is 1. The molecule has 2 amide bonds. The topological polar surface area (TPSA) is 101 Å². The van der Waals surface area contributed by atoms with Crippen LogP contribution in [0.25, 0.3) is 0 Å². The predicted octanol–water partition coefficient (Wildman–Crippen LogP) is -0.240. The standard InChI is InChI=1S/C14H18N4O4/c1-10(19)18-5-3-14(4-6-18,13(21)22-2)17-12(20)11-7-15-9-16-8-11/h7-9H,3-6H2,1-2H3,(H,17,20). The third-order valence-electron chi connectivity index (χ3n) is 3.81. The number of hydrogen-bond donors (Lipinski definition) is 1. The molecular formula is C14H18N4O4. The molecule has 1 aromatic rings. The molecule has 0 bridgehead atoms. The molecule has 0 unspecified atom stereocenters. The first-order valence-electron chi connectivity index (χ1n) is 6.90. The molecule has 0 aromatic carbocycles. The van der Waals surface area contributed by atoms with Crippen molar-refractivity contribution in [3.63, 3.8) is 0 Å². The highest BCUT2D eigenvalue weighted by Crippen LogP contribution is 2.24. The molecule has 1 aliphatic heterocycles. The Bertz CT molecular complexity index is 567. The minimum absolute atomic E-state index is 0.0544. The number of rotatable bonds is 3. The Morgan fingerprint density at radius 1 is 1.23 bits per heavy atom. The van der Waals surface area contributed by atoms with Crippen molar-refractivity contribution in [1.82, 2.24) is 20.2 Å². The molecular weight excluding hydrogens is 288 g/mol. The van der Waals surface area contributed by atoms with Crippen molar-refractivity contribution >= 4 is 17.8 Å². The van der Waals surface area contributed by atoms with Gasteiger partial charge in [0.15, 0.2) is 0 Å². The smallest absolute Gasteiger partial charge is 0.331 e. The van der Waals surface area contributed by atoms with Crippen LogP contribution in [0.3, 0.4) is 0 Å². The van der Waals surface area contributed by atoms with Gasteiger partial charge in [-0.25, -0.2) is 14.8 Å². The van der Waals surface area contributed by atoms with Gasteiger partial charge < -0.3 is 15.0 Å². The maximum Gasteiger partial charge on any atom is 0.331 e. The van der Waals surface area contributed by atoms with Gasteiger partial charge in [-0.15, -0.1) is 0 Å². The van der Waals surface area contributed by atoms with Crippen LogP contribution in [0.5, 0.6) is 0 Å². The number of nitrogens with one attached hydrogen (secondary N) is 1. The predicted molar refractivity (Wildman–Crippen MR) is 75.7 cm³/mol. The number of hydrogen-bond acceptors (Lipinski definition) is 6. The van der Waals surface area contributed by atoms with E-state index >= 15 is 0 Å². The Balaban J connectivity index is 2.16. The number of carbonyl (C=O) groups excluding carboxylic acids is 3. The molecule has 2 rings (SSSR count). The van der Waals surface area contributed by atoms with Gasteiger partial charge in [-0.1, -0.05) is 0 Å². The van der Waals surface area contributed by atoms with Crippen LogP contribution < -0.4 is 5.32 Å². The fraction of sp³-hybridized carbons (Fsp3) is 0.500. The van der Waals surface area contributed by atoms with Crippen LogP contribution in [0.4, 0.5) is 0 Å². The van der Waals surface area contributed by atoms with Crippen molar-refractivity contribution in [2.75, 3.05) is 20.2 Å². The molecule has 118 valence electrons. The van der Waals surface area contributed by atoms with Gasteiger partial charge in [0.1, 0.15) is 11.9 Å². The molecule has 1 fully saturated rings. The van der Waals surface area contributed by atoms with Gasteiger partial charge in [0.05, 0.1) is 12.7 Å². The number of ether oxygens (including phenoxy) is 1. The van der Waals surface area contributed by atoms with Crippen molar-refractivity contribution in [1.29, 1.82) is 0 Å². The summed E-state index contributed by atoms with van der Waals surface area (Å²) in [4.78, 5) is 45.0. The third-order valence-corrected chi connectivity index (χ3v) is 3.81. The number of nitrogens with zero attached hydrogens (tertiary/aromatic N) is 3. The van der Waals surface area contributed by atoms with E-state index in [0.29, 0.717) is 25.9 Å². The van der Waals surface area contributed by atoms with Gasteiger partial charge in [-0.2, -0.15) is 0 Å². The lowest BCUT2D eigenvalue weighted by molar-refractivity contribution is -0.152. The van der Waals surface area contributed by atoms with E-state index in [1.807, 2.05) is 0 Å². The van der Waals surface area contributed by atoms with Crippen LogP contribution in [0, 0.1) is 0 Å². The summed E-state index contributed by atoms with van der Waals surface area (Å²) in [5.41, 5.74) is -0.868. The number of amides is 2. The summed E-state index contributed by atoms with van der Waals surface area (Å²) in [6, 6.07) is 0. The van der Waals surface area contributed by atoms with Gasteiger partial charge in [0.2, 0.25) is 5.91 Å². The summed E-state index contributed by atoms with van der Waals surface area (Å²) in [7, 11) is 1.28. The zero-order valence-electron chi connectivity index (χ0n) is 12.5. The highest BCUT2D eigenvalue weighted by molar-refractivity contribution is 5.97. The van der Waals surface area contributed by atoms with Gasteiger partial charge in [0.25, 0.3) is 5.91 Å². The van der Waals surface area contributed by atoms with Crippen LogP contribution in [-0.4, -0.2) is 58.4 Å². The minimum Gasteiger partial charge on any atom is -0.467 e. The molecule has 1 N–H and O–H groups in total. The van der Waals surface area contributed by atoms with Crippen molar-refractivity contribution < 1.29 is 19.1 Å². The highest BCUT2D eigenvalue weighted by Gasteiger charge is 2.44. The Morgan fingerprint density at radius 3 is 2.32 bits per heavy atom. The van der Waals surface area contributed by atoms with Crippen molar-refractivity contribution in [3.8, 4) is 0 Å². The van der Waals surface area contributed by atoms with E-state index in [9.17, 15) is 14.4 Å². The average molecular weight is 306 g/mol. The quantitative estimate of drug-likeness (QED) is 0.773. The van der Waals surface area contributed by atoms with E-state index in [2.05, 4.69) is 15.3 Å². The lowest BCUT2D eigenvalue weighted by Crippen LogP contribution is -2.60. The maximum absolute atomic E-state index is 12.3. The van der Waals surface area contributed by atoms with Crippen LogP contribution in [0.1, 0.15) is 30.1 Å². The summed E-state index contributed by atoms with van der Waals surface area (Å²) in [5, 5.41) is 2.73. The number of likely N-dealkylation sites (tertiary alicyclic amines) is 1. The van der Waals surface area contributed by atoms with Crippen LogP contribution >= 0.6 is 0 Å². The van der Waals surface area contributed by atoms with Gasteiger partial charge in [0, 0.05) is 32.4 Å². The maximum atomic E-state index is 12.3. The van der Waals surface area contributed by atoms with Crippen molar-refractivity contribution in [3.05, 3.63) is 24.3 Å². The number of carbonyl (C=O) groups is 3. The molecule has 1 aromatic heterocycles. The van der Waals surface area contributed by atoms with Crippen LogP contribution in [0.15, 0.2) is 18.7 Å². The van der Waals surface area contributed by atoms with E-state index < -0.39 is 17.4 Å². The lowest BCUT2D eigenvalue weighted by atomic mass is 9.87. The normalized spacial score (nSPS) is 16.7. The molecule has 1 aliphatic rings. The molecule has 8 nitrogen and oxygen atoms in total. The minimum atomic E-state index is -1.13. The lowest BCUT2D eigenvalue weighted by Gasteiger charge is -2.39. The molecule has 0 radical (unpaired) electrons. The summed E-state index contributed by atoms with van der Waals surface area (Å²) >= 11 is 0. The summed E-state index contributed by atoms with van der Waals surface area (Å²) in [6.07, 6.45) is 4.67. The van der Waals surface area contributed by atoms with Gasteiger partial charge in [-0.05, 0) is 12.8 Å². The molecule has 0 aliphatic carbocycles. The zero-order chi connectivity index (χ0) is 16.2. The van der Waals surface area contributed by atoms with E-state index in [-0.39, 0.29) is 11.5 Å². The molecule has 2 heterocycles. The van der Waals surface area contributed by atoms with E-state index in [1.54, 1.807) is 4.90 Å². The zero-order valence-corrected chi connectivity index (χ0v) is 12.5. The Labute approximate surface area is 127 Å². The summed E-state index contributed by atoms with van der Waals surface area (Å²) in [5.74, 6) is -1.01. The van der Waals surface area contributed by atoms with Crippen molar-refractivity contribution in [2.24, 2.45) is 0 Å². The molecule has 0 saturated carbocycles. The fourth-order valence-electron chi connectivity index (χ4n) is 2.48. The van der Waals surface area contributed by atoms with Crippen LogP contribution in [0.2, 0.25) is 0 Å². The molecule has 22 heavy (non-hydrogen) atoms. The van der Waals surface area contributed by atoms with Crippen molar-refractivity contribution in [2.45, 2.75) is 25.3 Å². The second-order valence-electron chi connectivity index (χ2n) is 5.16. The fourth-order valence-corrected chi connectivity index (χ4v) is 2.48. The first-order chi connectivity index (χ1) is 10.5. The molecule has 1 saturated heterocycles. The molecule has 0 atom stereocenters. The molecule has 0 spiro atoms. The number of aromatic nitrogens is 2. The number of methoxy groups -OCH3 is 1. The second-order valence-corrected chi connectivity index (χ2v) is 5.16. The van der Waals surface area contributed by atoms with Crippen LogP contribution in [-0.2, 0) is 14.3 Å². The van der Waals surface area contributed by atoms with Gasteiger partial charge >= 0.3 is 5.97 Å². The SMILES string of the molecule is COC(=O)C1(NC(=O)c2cncnc2)CCN(C(C)=O)CC1. The Kier molecular flexibility index (Phi) is 4.69. The Hall–Kier alpha value is -2.51. The van der Waals surface area contributed by atoms with E-state index in [1.165, 1.54) is 32.8 Å². The third kappa shape index (κ3) is 3.21. The number of esters is 1. The largest absolute Gasteiger partial charge is 0.467 e.